The molecule has 0 fully saturated rings. The monoisotopic (exact) mass is 279 g/mol. The van der Waals surface area contributed by atoms with E-state index < -0.39 is 0 Å². The van der Waals surface area contributed by atoms with E-state index in [-0.39, 0.29) is 5.56 Å². The van der Waals surface area contributed by atoms with Gasteiger partial charge in [0, 0.05) is 17.5 Å². The lowest BCUT2D eigenvalue weighted by Gasteiger charge is -2.07. The Balaban J connectivity index is 2.12. The average Bonchev–Trinajstić information content (AvgIpc) is 2.54. The van der Waals surface area contributed by atoms with Crippen molar-refractivity contribution in [3.63, 3.8) is 0 Å². The Bertz CT molecular complexity index is 823. The number of H-pyrrole nitrogens is 1. The predicted molar refractivity (Wildman–Crippen MR) is 85.2 cm³/mol. The van der Waals surface area contributed by atoms with Crippen LogP contribution >= 0.6 is 0 Å². The van der Waals surface area contributed by atoms with Gasteiger partial charge in [0.2, 0.25) is 0 Å². The molecule has 21 heavy (non-hydrogen) atoms. The van der Waals surface area contributed by atoms with Gasteiger partial charge in [-0.05, 0) is 24.2 Å². The third-order valence-electron chi connectivity index (χ3n) is 3.48. The molecular formula is C17H17N3O. The van der Waals surface area contributed by atoms with Crippen LogP contribution in [0.2, 0.25) is 0 Å². The van der Waals surface area contributed by atoms with Crippen LogP contribution in [0.4, 0.5) is 0 Å². The van der Waals surface area contributed by atoms with Crippen LogP contribution in [0, 0.1) is 0 Å². The summed E-state index contributed by atoms with van der Waals surface area (Å²) in [5.74, 6) is 0. The molecule has 0 atom stereocenters. The summed E-state index contributed by atoms with van der Waals surface area (Å²) in [5.41, 5.74) is 2.87. The lowest BCUT2D eigenvalue weighted by molar-refractivity contribution is 0.727. The van der Waals surface area contributed by atoms with Crippen molar-refractivity contribution in [2.75, 3.05) is 6.54 Å². The van der Waals surface area contributed by atoms with Gasteiger partial charge in [0.1, 0.15) is 0 Å². The molecule has 0 saturated carbocycles. The first kappa shape index (κ1) is 13.5. The molecule has 4 heteroatoms. The second kappa shape index (κ2) is 5.89. The van der Waals surface area contributed by atoms with Gasteiger partial charge in [0.05, 0.1) is 11.1 Å². The van der Waals surface area contributed by atoms with Gasteiger partial charge in [-0.15, -0.1) is 0 Å². The smallest absolute Gasteiger partial charge is 0.272 e. The highest BCUT2D eigenvalue weighted by Crippen LogP contribution is 2.24. The molecule has 0 spiro atoms. The fraction of sp³-hybridized carbons (Fsp3) is 0.176. The van der Waals surface area contributed by atoms with Crippen molar-refractivity contribution >= 4 is 10.8 Å². The van der Waals surface area contributed by atoms with Gasteiger partial charge in [-0.2, -0.15) is 5.10 Å². The summed E-state index contributed by atoms with van der Waals surface area (Å²) in [6, 6.07) is 15.8. The second-order valence-electron chi connectivity index (χ2n) is 4.93. The number of rotatable bonds is 4. The quantitative estimate of drug-likeness (QED) is 0.772. The number of hydrogen-bond acceptors (Lipinski definition) is 3. The van der Waals surface area contributed by atoms with Gasteiger partial charge < -0.3 is 5.32 Å². The zero-order chi connectivity index (χ0) is 14.7. The minimum Gasteiger partial charge on any atom is -0.313 e. The van der Waals surface area contributed by atoms with Crippen LogP contribution in [0.1, 0.15) is 12.5 Å². The summed E-state index contributed by atoms with van der Waals surface area (Å²) in [7, 11) is 0. The molecule has 4 nitrogen and oxygen atoms in total. The maximum atomic E-state index is 11.8. The number of nitrogens with zero attached hydrogens (tertiary/aromatic N) is 1. The molecule has 0 amide bonds. The molecule has 0 bridgehead atoms. The van der Waals surface area contributed by atoms with E-state index in [1.54, 1.807) is 0 Å². The Hall–Kier alpha value is -2.46. The fourth-order valence-electron chi connectivity index (χ4n) is 2.43. The van der Waals surface area contributed by atoms with Crippen molar-refractivity contribution < 1.29 is 0 Å². The Morgan fingerprint density at radius 1 is 1.10 bits per heavy atom. The molecule has 3 aromatic rings. The van der Waals surface area contributed by atoms with E-state index in [0.29, 0.717) is 5.39 Å². The summed E-state index contributed by atoms with van der Waals surface area (Å²) in [4.78, 5) is 11.8. The van der Waals surface area contributed by atoms with E-state index in [1.165, 1.54) is 5.56 Å². The zero-order valence-electron chi connectivity index (χ0n) is 11.9. The van der Waals surface area contributed by atoms with Crippen molar-refractivity contribution in [2.45, 2.75) is 13.5 Å². The van der Waals surface area contributed by atoms with E-state index in [4.69, 9.17) is 0 Å². The van der Waals surface area contributed by atoms with Crippen LogP contribution in [0.15, 0.2) is 53.3 Å². The lowest BCUT2D eigenvalue weighted by Crippen LogP contribution is -2.12. The van der Waals surface area contributed by atoms with Crippen LogP contribution in [-0.2, 0) is 6.54 Å². The molecule has 106 valence electrons. The summed E-state index contributed by atoms with van der Waals surface area (Å²) in [6.07, 6.45) is 0. The standard InChI is InChI=1S/C17H17N3O/c1-2-18-11-12-6-5-7-13(10-12)16-14-8-3-4-9-15(14)17(21)20-19-16/h3-10,18H,2,11H2,1H3,(H,20,21). The molecule has 1 aromatic heterocycles. The normalized spacial score (nSPS) is 10.9. The second-order valence-corrected chi connectivity index (χ2v) is 4.93. The molecule has 1 heterocycles. The maximum Gasteiger partial charge on any atom is 0.272 e. The van der Waals surface area contributed by atoms with Crippen LogP contribution in [0.25, 0.3) is 22.0 Å². The molecule has 2 aromatic carbocycles. The Morgan fingerprint density at radius 3 is 2.71 bits per heavy atom. The minimum absolute atomic E-state index is 0.154. The third kappa shape index (κ3) is 2.71. The van der Waals surface area contributed by atoms with Crippen LogP contribution in [0.5, 0.6) is 0 Å². The molecular weight excluding hydrogens is 262 g/mol. The Kier molecular flexibility index (Phi) is 3.79. The number of fused-ring (bicyclic) bond motifs is 1. The fourth-order valence-corrected chi connectivity index (χ4v) is 2.43. The number of benzene rings is 2. The Morgan fingerprint density at radius 2 is 1.90 bits per heavy atom. The number of nitrogens with one attached hydrogen (secondary N) is 2. The molecule has 0 aliphatic rings. The minimum atomic E-state index is -0.154. The number of aromatic amines is 1. The van der Waals surface area contributed by atoms with Gasteiger partial charge in [0.15, 0.2) is 0 Å². The van der Waals surface area contributed by atoms with Crippen molar-refractivity contribution in [1.29, 1.82) is 0 Å². The van der Waals surface area contributed by atoms with Crippen LogP contribution in [-0.4, -0.2) is 16.7 Å². The van der Waals surface area contributed by atoms with Gasteiger partial charge in [-0.25, -0.2) is 5.10 Å². The zero-order valence-corrected chi connectivity index (χ0v) is 11.9. The van der Waals surface area contributed by atoms with Crippen LogP contribution in [0.3, 0.4) is 0 Å². The lowest BCUT2D eigenvalue weighted by atomic mass is 10.0. The van der Waals surface area contributed by atoms with Gasteiger partial charge in [-0.3, -0.25) is 4.79 Å². The number of hydrogen-bond donors (Lipinski definition) is 2. The topological polar surface area (TPSA) is 57.8 Å². The highest BCUT2D eigenvalue weighted by Gasteiger charge is 2.08. The first-order valence-corrected chi connectivity index (χ1v) is 7.07. The van der Waals surface area contributed by atoms with Crippen LogP contribution < -0.4 is 10.9 Å². The van der Waals surface area contributed by atoms with E-state index in [0.717, 1.165) is 29.7 Å². The van der Waals surface area contributed by atoms with E-state index in [9.17, 15) is 4.79 Å². The van der Waals surface area contributed by atoms with Crippen molar-refractivity contribution in [3.8, 4) is 11.3 Å². The van der Waals surface area contributed by atoms with E-state index in [1.807, 2.05) is 36.4 Å². The van der Waals surface area contributed by atoms with E-state index in [2.05, 4.69) is 34.6 Å². The molecule has 3 rings (SSSR count). The van der Waals surface area contributed by atoms with Gasteiger partial charge in [0.25, 0.3) is 5.56 Å². The Labute approximate surface area is 122 Å². The maximum absolute atomic E-state index is 11.8. The number of aromatic nitrogens is 2. The first-order chi connectivity index (χ1) is 10.3. The molecule has 0 unspecified atom stereocenters. The summed E-state index contributed by atoms with van der Waals surface area (Å²) < 4.78 is 0. The molecule has 0 saturated heterocycles. The van der Waals surface area contributed by atoms with Crippen molar-refractivity contribution in [3.05, 3.63) is 64.4 Å². The molecule has 0 radical (unpaired) electrons. The molecule has 0 aliphatic carbocycles. The van der Waals surface area contributed by atoms with Crippen molar-refractivity contribution in [2.24, 2.45) is 0 Å². The largest absolute Gasteiger partial charge is 0.313 e. The predicted octanol–water partition coefficient (Wildman–Crippen LogP) is 2.70. The van der Waals surface area contributed by atoms with Gasteiger partial charge in [-0.1, -0.05) is 43.3 Å². The highest BCUT2D eigenvalue weighted by molar-refractivity contribution is 5.93. The van der Waals surface area contributed by atoms with Crippen molar-refractivity contribution in [1.82, 2.24) is 15.5 Å². The van der Waals surface area contributed by atoms with Gasteiger partial charge >= 0.3 is 0 Å². The highest BCUT2D eigenvalue weighted by atomic mass is 16.1. The summed E-state index contributed by atoms with van der Waals surface area (Å²) in [5, 5.41) is 11.7. The SMILES string of the molecule is CCNCc1cccc(-c2n[nH]c(=O)c3ccccc23)c1. The van der Waals surface area contributed by atoms with E-state index >= 15 is 0 Å². The summed E-state index contributed by atoms with van der Waals surface area (Å²) >= 11 is 0. The third-order valence-corrected chi connectivity index (χ3v) is 3.48. The first-order valence-electron chi connectivity index (χ1n) is 7.07. The molecule has 0 aliphatic heterocycles. The average molecular weight is 279 g/mol. The summed E-state index contributed by atoms with van der Waals surface area (Å²) in [6.45, 7) is 3.84. The molecule has 2 N–H and O–H groups in total.